The third-order valence-electron chi connectivity index (χ3n) is 4.89. The molecule has 2 aliphatic heterocycles. The van der Waals surface area contributed by atoms with E-state index in [2.05, 4.69) is 9.80 Å². The average Bonchev–Trinajstić information content (AvgIpc) is 3.11. The summed E-state index contributed by atoms with van der Waals surface area (Å²) in [6, 6.07) is 6.21. The molecule has 21 heavy (non-hydrogen) atoms. The highest BCUT2D eigenvalue weighted by Crippen LogP contribution is 2.23. The van der Waals surface area contributed by atoms with Gasteiger partial charge in [0.25, 0.3) is 0 Å². The van der Waals surface area contributed by atoms with Crippen molar-refractivity contribution in [3.63, 3.8) is 0 Å². The molecule has 1 aromatic carbocycles. The third-order valence-corrected chi connectivity index (χ3v) is 4.89. The van der Waals surface area contributed by atoms with Gasteiger partial charge in [-0.15, -0.1) is 0 Å². The van der Waals surface area contributed by atoms with Crippen LogP contribution in [0.4, 0.5) is 0 Å². The van der Waals surface area contributed by atoms with Crippen molar-refractivity contribution in [3.05, 3.63) is 34.9 Å². The van der Waals surface area contributed by atoms with Crippen LogP contribution < -0.4 is 0 Å². The van der Waals surface area contributed by atoms with Gasteiger partial charge < -0.3 is 5.11 Å². The first-order chi connectivity index (χ1) is 10.1. The smallest absolute Gasteiger partial charge is 0.335 e. The summed E-state index contributed by atoms with van der Waals surface area (Å²) < 4.78 is 0. The molecule has 0 radical (unpaired) electrons. The van der Waals surface area contributed by atoms with Crippen LogP contribution in [-0.4, -0.2) is 53.1 Å². The molecule has 1 unspecified atom stereocenters. The van der Waals surface area contributed by atoms with E-state index in [-0.39, 0.29) is 0 Å². The SMILES string of the molecule is Cc1cc(C(=O)O)ccc1CN1CCC(N2CCCC2)C1. The second-order valence-electron chi connectivity index (χ2n) is 6.37. The molecule has 0 spiro atoms. The van der Waals surface area contributed by atoms with Crippen molar-refractivity contribution in [3.8, 4) is 0 Å². The summed E-state index contributed by atoms with van der Waals surface area (Å²) in [5.41, 5.74) is 2.72. The molecule has 2 fully saturated rings. The molecule has 0 amide bonds. The first-order valence-corrected chi connectivity index (χ1v) is 7.93. The van der Waals surface area contributed by atoms with Crippen molar-refractivity contribution in [2.45, 2.75) is 38.8 Å². The van der Waals surface area contributed by atoms with Crippen LogP contribution in [0.3, 0.4) is 0 Å². The Bertz CT molecular complexity index is 524. The highest BCUT2D eigenvalue weighted by molar-refractivity contribution is 5.87. The molecule has 3 rings (SSSR count). The Kier molecular flexibility index (Phi) is 4.27. The highest BCUT2D eigenvalue weighted by Gasteiger charge is 2.29. The number of rotatable bonds is 4. The first-order valence-electron chi connectivity index (χ1n) is 7.93. The van der Waals surface area contributed by atoms with Crippen molar-refractivity contribution in [1.29, 1.82) is 0 Å². The zero-order valence-electron chi connectivity index (χ0n) is 12.7. The molecule has 1 atom stereocenters. The van der Waals surface area contributed by atoms with Gasteiger partial charge in [0.15, 0.2) is 0 Å². The first kappa shape index (κ1) is 14.5. The minimum atomic E-state index is -0.847. The number of benzene rings is 1. The number of hydrogen-bond acceptors (Lipinski definition) is 3. The van der Waals surface area contributed by atoms with Crippen LogP contribution >= 0.6 is 0 Å². The monoisotopic (exact) mass is 288 g/mol. The molecule has 1 aromatic rings. The van der Waals surface area contributed by atoms with E-state index in [1.54, 1.807) is 12.1 Å². The standard InChI is InChI=1S/C17H24N2O2/c1-13-10-14(17(20)21)4-5-15(13)11-18-9-6-16(12-18)19-7-2-3-8-19/h4-5,10,16H,2-3,6-9,11-12H2,1H3,(H,20,21). The van der Waals surface area contributed by atoms with Crippen LogP contribution in [0.1, 0.15) is 40.7 Å². The number of aryl methyl sites for hydroxylation is 1. The number of carbonyl (C=O) groups is 1. The molecule has 0 bridgehead atoms. The molecule has 0 aliphatic carbocycles. The molecule has 2 heterocycles. The number of carboxylic acids is 1. The molecule has 0 saturated carbocycles. The molecule has 2 aliphatic rings. The fourth-order valence-corrected chi connectivity index (χ4v) is 3.61. The number of hydrogen-bond donors (Lipinski definition) is 1. The maximum atomic E-state index is 11.0. The van der Waals surface area contributed by atoms with Crippen molar-refractivity contribution < 1.29 is 9.90 Å². The largest absolute Gasteiger partial charge is 0.478 e. The van der Waals surface area contributed by atoms with E-state index >= 15 is 0 Å². The van der Waals surface area contributed by atoms with E-state index in [4.69, 9.17) is 5.11 Å². The minimum absolute atomic E-state index is 0.382. The van der Waals surface area contributed by atoms with Gasteiger partial charge in [-0.25, -0.2) is 4.79 Å². The maximum Gasteiger partial charge on any atom is 0.335 e. The van der Waals surface area contributed by atoms with Gasteiger partial charge in [-0.3, -0.25) is 9.80 Å². The third kappa shape index (κ3) is 3.27. The van der Waals surface area contributed by atoms with Crippen molar-refractivity contribution in [2.75, 3.05) is 26.2 Å². The van der Waals surface area contributed by atoms with Crippen molar-refractivity contribution in [2.24, 2.45) is 0 Å². The second-order valence-corrected chi connectivity index (χ2v) is 6.37. The summed E-state index contributed by atoms with van der Waals surface area (Å²) in [7, 11) is 0. The van der Waals surface area contributed by atoms with Gasteiger partial charge in [0, 0.05) is 25.7 Å². The summed E-state index contributed by atoms with van der Waals surface area (Å²) in [4.78, 5) is 16.1. The van der Waals surface area contributed by atoms with Gasteiger partial charge in [-0.1, -0.05) is 6.07 Å². The Morgan fingerprint density at radius 1 is 1.29 bits per heavy atom. The number of carboxylic acid groups (broad SMARTS) is 1. The lowest BCUT2D eigenvalue weighted by Gasteiger charge is -2.24. The van der Waals surface area contributed by atoms with Gasteiger partial charge in [-0.2, -0.15) is 0 Å². The summed E-state index contributed by atoms with van der Waals surface area (Å²) in [5.74, 6) is -0.847. The van der Waals surface area contributed by atoms with Gasteiger partial charge >= 0.3 is 5.97 Å². The fourth-order valence-electron chi connectivity index (χ4n) is 3.61. The van der Waals surface area contributed by atoms with Gasteiger partial charge in [-0.05, 0) is 62.5 Å². The normalized spacial score (nSPS) is 23.8. The van der Waals surface area contributed by atoms with Crippen molar-refractivity contribution >= 4 is 5.97 Å². The van der Waals surface area contributed by atoms with E-state index in [0.29, 0.717) is 5.56 Å². The van der Waals surface area contributed by atoms with Gasteiger partial charge in [0.2, 0.25) is 0 Å². The summed E-state index contributed by atoms with van der Waals surface area (Å²) in [6.45, 7) is 7.79. The zero-order chi connectivity index (χ0) is 14.8. The molecular weight excluding hydrogens is 264 g/mol. The minimum Gasteiger partial charge on any atom is -0.478 e. The number of nitrogens with zero attached hydrogens (tertiary/aromatic N) is 2. The topological polar surface area (TPSA) is 43.8 Å². The zero-order valence-corrected chi connectivity index (χ0v) is 12.7. The fraction of sp³-hybridized carbons (Fsp3) is 0.588. The summed E-state index contributed by atoms with van der Waals surface area (Å²) in [6.07, 6.45) is 3.98. The molecule has 114 valence electrons. The predicted octanol–water partition coefficient (Wildman–Crippen LogP) is 2.36. The van der Waals surface area contributed by atoms with E-state index in [1.807, 2.05) is 13.0 Å². The van der Waals surface area contributed by atoms with E-state index in [9.17, 15) is 4.79 Å². The van der Waals surface area contributed by atoms with E-state index in [0.717, 1.165) is 31.2 Å². The quantitative estimate of drug-likeness (QED) is 0.924. The number of likely N-dealkylation sites (tertiary alicyclic amines) is 2. The van der Waals surface area contributed by atoms with E-state index in [1.165, 1.54) is 37.9 Å². The average molecular weight is 288 g/mol. The number of aromatic carboxylic acids is 1. The highest BCUT2D eigenvalue weighted by atomic mass is 16.4. The lowest BCUT2D eigenvalue weighted by molar-refractivity contribution is 0.0696. The molecule has 4 nitrogen and oxygen atoms in total. The van der Waals surface area contributed by atoms with Crippen LogP contribution in [0, 0.1) is 6.92 Å². The van der Waals surface area contributed by atoms with Crippen LogP contribution in [0.15, 0.2) is 18.2 Å². The van der Waals surface area contributed by atoms with Gasteiger partial charge in [0.05, 0.1) is 5.56 Å². The predicted molar refractivity (Wildman–Crippen MR) is 82.6 cm³/mol. The Hall–Kier alpha value is -1.39. The maximum absolute atomic E-state index is 11.0. The lowest BCUT2D eigenvalue weighted by atomic mass is 10.0. The lowest BCUT2D eigenvalue weighted by Crippen LogP contribution is -2.35. The summed E-state index contributed by atoms with van der Waals surface area (Å²) >= 11 is 0. The Labute approximate surface area is 126 Å². The summed E-state index contributed by atoms with van der Waals surface area (Å²) in [5, 5.41) is 9.02. The molecule has 4 heteroatoms. The molecule has 1 N–H and O–H groups in total. The molecule has 2 saturated heterocycles. The Balaban J connectivity index is 1.61. The van der Waals surface area contributed by atoms with Crippen LogP contribution in [0.5, 0.6) is 0 Å². The van der Waals surface area contributed by atoms with Crippen LogP contribution in [0.2, 0.25) is 0 Å². The van der Waals surface area contributed by atoms with Crippen LogP contribution in [-0.2, 0) is 6.54 Å². The molecular formula is C17H24N2O2. The van der Waals surface area contributed by atoms with Crippen LogP contribution in [0.25, 0.3) is 0 Å². The molecule has 0 aromatic heterocycles. The van der Waals surface area contributed by atoms with Crippen molar-refractivity contribution in [1.82, 2.24) is 9.80 Å². The Morgan fingerprint density at radius 2 is 2.05 bits per heavy atom. The second kappa shape index (κ2) is 6.16. The van der Waals surface area contributed by atoms with Gasteiger partial charge in [0.1, 0.15) is 0 Å². The van der Waals surface area contributed by atoms with E-state index < -0.39 is 5.97 Å². The Morgan fingerprint density at radius 3 is 2.71 bits per heavy atom.